The smallest absolute Gasteiger partial charge is 0.0244 e. The third-order valence-electron chi connectivity index (χ3n) is 2.09. The van der Waals surface area contributed by atoms with Gasteiger partial charge in [-0.15, -0.1) is 0 Å². The van der Waals surface area contributed by atoms with Crippen LogP contribution in [0.25, 0.3) is 0 Å². The van der Waals surface area contributed by atoms with Crippen molar-refractivity contribution in [3.63, 3.8) is 0 Å². The Bertz CT molecular complexity index is 143. The summed E-state index contributed by atoms with van der Waals surface area (Å²) in [6.07, 6.45) is 7.68. The Labute approximate surface area is 76.6 Å². The van der Waals surface area contributed by atoms with E-state index in [4.69, 9.17) is 0 Å². The summed E-state index contributed by atoms with van der Waals surface area (Å²) in [4.78, 5) is 0. The first kappa shape index (κ1) is 11.4. The van der Waals surface area contributed by atoms with Crippen LogP contribution in [-0.4, -0.2) is 13.1 Å². The van der Waals surface area contributed by atoms with Crippen LogP contribution < -0.4 is 5.32 Å². The molecule has 0 aliphatic rings. The zero-order chi connectivity index (χ0) is 9.40. The summed E-state index contributed by atoms with van der Waals surface area (Å²) in [5, 5.41) is 3.23. The molecule has 0 aliphatic heterocycles. The van der Waals surface area contributed by atoms with Crippen LogP contribution in [0, 0.1) is 0 Å². The zero-order valence-electron chi connectivity index (χ0n) is 8.56. The highest BCUT2D eigenvalue weighted by Crippen LogP contribution is 2.04. The van der Waals surface area contributed by atoms with Crippen molar-refractivity contribution in [1.29, 1.82) is 0 Å². The van der Waals surface area contributed by atoms with Crippen molar-refractivity contribution in [2.45, 2.75) is 39.2 Å². The van der Waals surface area contributed by atoms with Gasteiger partial charge in [-0.2, -0.15) is 0 Å². The van der Waals surface area contributed by atoms with Gasteiger partial charge in [-0.05, 0) is 26.3 Å². The summed E-state index contributed by atoms with van der Waals surface area (Å²) in [6.45, 7) is 8.28. The van der Waals surface area contributed by atoms with Gasteiger partial charge in [0.05, 0.1) is 0 Å². The maximum atomic E-state index is 3.95. The first-order valence-corrected chi connectivity index (χ1v) is 4.75. The maximum Gasteiger partial charge on any atom is 0.0244 e. The molecule has 0 aromatic carbocycles. The van der Waals surface area contributed by atoms with Crippen molar-refractivity contribution in [3.05, 3.63) is 24.3 Å². The minimum atomic E-state index is 0.523. The molecule has 1 unspecified atom stereocenters. The van der Waals surface area contributed by atoms with Crippen molar-refractivity contribution < 1.29 is 0 Å². The Balaban J connectivity index is 3.65. The van der Waals surface area contributed by atoms with Crippen molar-refractivity contribution in [2.75, 3.05) is 7.05 Å². The van der Waals surface area contributed by atoms with Crippen LogP contribution in [0.15, 0.2) is 24.3 Å². The number of hydrogen-bond acceptors (Lipinski definition) is 1. The fourth-order valence-corrected chi connectivity index (χ4v) is 0.980. The molecule has 0 aromatic rings. The highest BCUT2D eigenvalue weighted by molar-refractivity contribution is 5.03. The van der Waals surface area contributed by atoms with Crippen LogP contribution in [-0.2, 0) is 0 Å². The van der Waals surface area contributed by atoms with E-state index in [-0.39, 0.29) is 0 Å². The molecule has 0 saturated carbocycles. The molecular weight excluding hydrogens is 146 g/mol. The standard InChI is InChI=1S/C11H21N/c1-5-10(3)8-7-9-11(6-2)12-4/h7,9,11-12H,3,5-6,8H2,1-2,4H3/b9-7+. The van der Waals surface area contributed by atoms with Gasteiger partial charge in [0, 0.05) is 6.04 Å². The summed E-state index contributed by atoms with van der Waals surface area (Å²) in [7, 11) is 1.99. The third-order valence-corrected chi connectivity index (χ3v) is 2.09. The van der Waals surface area contributed by atoms with Crippen molar-refractivity contribution in [1.82, 2.24) is 5.32 Å². The van der Waals surface area contributed by atoms with E-state index < -0.39 is 0 Å². The van der Waals surface area contributed by atoms with Gasteiger partial charge >= 0.3 is 0 Å². The molecule has 1 atom stereocenters. The summed E-state index contributed by atoms with van der Waals surface area (Å²) in [5.74, 6) is 0. The van der Waals surface area contributed by atoms with E-state index in [1.54, 1.807) is 0 Å². The molecule has 0 fully saturated rings. The maximum absolute atomic E-state index is 3.95. The number of rotatable bonds is 6. The van der Waals surface area contributed by atoms with E-state index >= 15 is 0 Å². The lowest BCUT2D eigenvalue weighted by molar-refractivity contribution is 0.646. The molecule has 12 heavy (non-hydrogen) atoms. The van der Waals surface area contributed by atoms with Crippen LogP contribution in [0.3, 0.4) is 0 Å². The van der Waals surface area contributed by atoms with Crippen molar-refractivity contribution in [3.8, 4) is 0 Å². The predicted octanol–water partition coefficient (Wildman–Crippen LogP) is 2.90. The van der Waals surface area contributed by atoms with E-state index in [0.29, 0.717) is 6.04 Å². The molecule has 0 radical (unpaired) electrons. The van der Waals surface area contributed by atoms with E-state index in [1.807, 2.05) is 7.05 Å². The van der Waals surface area contributed by atoms with Crippen LogP contribution in [0.2, 0.25) is 0 Å². The normalized spacial score (nSPS) is 13.6. The van der Waals surface area contributed by atoms with Crippen LogP contribution in [0.4, 0.5) is 0 Å². The van der Waals surface area contributed by atoms with E-state index in [1.165, 1.54) is 5.57 Å². The Morgan fingerprint density at radius 1 is 1.50 bits per heavy atom. The number of nitrogens with one attached hydrogen (secondary N) is 1. The lowest BCUT2D eigenvalue weighted by Crippen LogP contribution is -2.21. The second-order valence-electron chi connectivity index (χ2n) is 3.04. The van der Waals surface area contributed by atoms with E-state index in [9.17, 15) is 0 Å². The Morgan fingerprint density at radius 3 is 2.58 bits per heavy atom. The molecule has 1 nitrogen and oxygen atoms in total. The van der Waals surface area contributed by atoms with Gasteiger partial charge in [0.1, 0.15) is 0 Å². The lowest BCUT2D eigenvalue weighted by atomic mass is 10.1. The summed E-state index contributed by atoms with van der Waals surface area (Å²) in [6, 6.07) is 0.523. The van der Waals surface area contributed by atoms with Gasteiger partial charge in [-0.25, -0.2) is 0 Å². The monoisotopic (exact) mass is 167 g/mol. The summed E-state index contributed by atoms with van der Waals surface area (Å²) >= 11 is 0. The fraction of sp³-hybridized carbons (Fsp3) is 0.636. The van der Waals surface area contributed by atoms with E-state index in [0.717, 1.165) is 19.3 Å². The van der Waals surface area contributed by atoms with Crippen LogP contribution in [0.5, 0.6) is 0 Å². The largest absolute Gasteiger partial charge is 0.314 e. The molecule has 0 bridgehead atoms. The van der Waals surface area contributed by atoms with Gasteiger partial charge in [0.15, 0.2) is 0 Å². The molecule has 0 amide bonds. The van der Waals surface area contributed by atoms with E-state index in [2.05, 4.69) is 37.9 Å². The first-order chi connectivity index (χ1) is 5.74. The summed E-state index contributed by atoms with van der Waals surface area (Å²) < 4.78 is 0. The molecule has 0 spiro atoms. The zero-order valence-corrected chi connectivity index (χ0v) is 8.56. The Kier molecular flexibility index (Phi) is 6.78. The molecule has 0 aliphatic carbocycles. The molecule has 1 heteroatoms. The average Bonchev–Trinajstić information content (AvgIpc) is 2.12. The molecule has 1 N–H and O–H groups in total. The highest BCUT2D eigenvalue weighted by atomic mass is 14.8. The minimum Gasteiger partial charge on any atom is -0.314 e. The second kappa shape index (κ2) is 7.11. The molecular formula is C11H21N. The molecule has 0 heterocycles. The highest BCUT2D eigenvalue weighted by Gasteiger charge is 1.94. The van der Waals surface area contributed by atoms with Gasteiger partial charge in [0.25, 0.3) is 0 Å². The number of hydrogen-bond donors (Lipinski definition) is 1. The minimum absolute atomic E-state index is 0.523. The first-order valence-electron chi connectivity index (χ1n) is 4.75. The number of allylic oxidation sites excluding steroid dienone is 2. The predicted molar refractivity (Wildman–Crippen MR) is 56.3 cm³/mol. The molecule has 0 aromatic heterocycles. The Hall–Kier alpha value is -0.560. The van der Waals surface area contributed by atoms with Gasteiger partial charge in [0.2, 0.25) is 0 Å². The number of likely N-dealkylation sites (N-methyl/N-ethyl adjacent to an activating group) is 1. The topological polar surface area (TPSA) is 12.0 Å². The van der Waals surface area contributed by atoms with Crippen molar-refractivity contribution >= 4 is 0 Å². The van der Waals surface area contributed by atoms with Crippen LogP contribution >= 0.6 is 0 Å². The lowest BCUT2D eigenvalue weighted by Gasteiger charge is -2.07. The van der Waals surface area contributed by atoms with Gasteiger partial charge in [-0.3, -0.25) is 0 Å². The molecule has 0 saturated heterocycles. The molecule has 0 rings (SSSR count). The quantitative estimate of drug-likeness (QED) is 0.600. The van der Waals surface area contributed by atoms with Gasteiger partial charge < -0.3 is 5.32 Å². The SMILES string of the molecule is C=C(CC)C/C=C/C(CC)NC. The molecule has 70 valence electrons. The van der Waals surface area contributed by atoms with Crippen LogP contribution in [0.1, 0.15) is 33.1 Å². The summed E-state index contributed by atoms with van der Waals surface area (Å²) in [5.41, 5.74) is 1.30. The van der Waals surface area contributed by atoms with Crippen molar-refractivity contribution in [2.24, 2.45) is 0 Å². The fourth-order valence-electron chi connectivity index (χ4n) is 0.980. The Morgan fingerprint density at radius 2 is 2.17 bits per heavy atom. The average molecular weight is 167 g/mol. The second-order valence-corrected chi connectivity index (χ2v) is 3.04. The van der Waals surface area contributed by atoms with Gasteiger partial charge in [-0.1, -0.05) is 38.2 Å². The third kappa shape index (κ3) is 5.14.